The number of rotatable bonds is 8. The van der Waals surface area contributed by atoms with E-state index in [-0.39, 0.29) is 17.0 Å². The van der Waals surface area contributed by atoms with Gasteiger partial charge in [0.1, 0.15) is 11.3 Å². The first-order chi connectivity index (χ1) is 11.5. The highest BCUT2D eigenvalue weighted by molar-refractivity contribution is 5.78. The van der Waals surface area contributed by atoms with Gasteiger partial charge in [-0.25, -0.2) is 0 Å². The molecule has 0 saturated carbocycles. The lowest BCUT2D eigenvalue weighted by molar-refractivity contribution is -0.269. The number of anilines is 1. The van der Waals surface area contributed by atoms with Crippen LogP contribution in [-0.2, 0) is 5.41 Å². The fourth-order valence-corrected chi connectivity index (χ4v) is 2.65. The van der Waals surface area contributed by atoms with Gasteiger partial charge in [-0.15, -0.1) is 6.58 Å². The second-order valence-electron chi connectivity index (χ2n) is 6.84. The summed E-state index contributed by atoms with van der Waals surface area (Å²) in [7, 11) is 1.27. The highest BCUT2D eigenvalue weighted by Gasteiger charge is 2.34. The minimum atomic E-state index is -0.860. The SMILES string of the molecule is C=CC(C)(CC)c1c([O-])c(N(C)O)c(OC(C)(CC)CC)c(O)c1O. The molecule has 1 aromatic rings. The molecule has 0 heterocycles. The zero-order valence-corrected chi connectivity index (χ0v) is 16.0. The van der Waals surface area contributed by atoms with Crippen LogP contribution in [0.3, 0.4) is 0 Å². The molecule has 25 heavy (non-hydrogen) atoms. The maximum Gasteiger partial charge on any atom is 0.203 e. The molecule has 1 unspecified atom stereocenters. The molecule has 6 nitrogen and oxygen atoms in total. The van der Waals surface area contributed by atoms with E-state index in [1.165, 1.54) is 7.05 Å². The molecule has 3 N–H and O–H groups in total. The number of aromatic hydroxyl groups is 2. The summed E-state index contributed by atoms with van der Waals surface area (Å²) in [6.07, 6.45) is 3.27. The summed E-state index contributed by atoms with van der Waals surface area (Å²) in [6.45, 7) is 13.0. The Labute approximate surface area is 149 Å². The molecule has 0 aromatic heterocycles. The molecule has 142 valence electrons. The van der Waals surface area contributed by atoms with Gasteiger partial charge in [0.2, 0.25) is 5.75 Å². The minimum Gasteiger partial charge on any atom is -0.871 e. The average Bonchev–Trinajstić information content (AvgIpc) is 2.58. The van der Waals surface area contributed by atoms with Crippen LogP contribution in [0.5, 0.6) is 23.0 Å². The Balaban J connectivity index is 3.82. The van der Waals surface area contributed by atoms with Crippen LogP contribution in [0.25, 0.3) is 0 Å². The Morgan fingerprint density at radius 3 is 2.00 bits per heavy atom. The molecule has 6 heteroatoms. The fraction of sp³-hybridized carbons (Fsp3) is 0.579. The molecule has 0 saturated heterocycles. The molecule has 0 spiro atoms. The van der Waals surface area contributed by atoms with E-state index in [0.717, 1.165) is 0 Å². The lowest BCUT2D eigenvalue weighted by Gasteiger charge is -2.37. The van der Waals surface area contributed by atoms with Crippen LogP contribution in [0, 0.1) is 0 Å². The van der Waals surface area contributed by atoms with Crippen molar-refractivity contribution in [3.8, 4) is 23.0 Å². The van der Waals surface area contributed by atoms with Crippen LogP contribution >= 0.6 is 0 Å². The van der Waals surface area contributed by atoms with E-state index >= 15 is 0 Å². The van der Waals surface area contributed by atoms with Crippen molar-refractivity contribution in [2.24, 2.45) is 0 Å². The van der Waals surface area contributed by atoms with Crippen LogP contribution < -0.4 is 14.9 Å². The van der Waals surface area contributed by atoms with Crippen LogP contribution in [-0.4, -0.2) is 28.1 Å². The summed E-state index contributed by atoms with van der Waals surface area (Å²) in [6, 6.07) is 0. The quantitative estimate of drug-likeness (QED) is 0.374. The molecule has 0 bridgehead atoms. The Bertz CT molecular complexity index is 637. The second kappa shape index (κ2) is 7.44. The molecule has 0 fully saturated rings. The summed E-state index contributed by atoms with van der Waals surface area (Å²) in [4.78, 5) is 0. The first-order valence-electron chi connectivity index (χ1n) is 8.56. The lowest BCUT2D eigenvalue weighted by Crippen LogP contribution is -2.32. The van der Waals surface area contributed by atoms with Gasteiger partial charge in [0.15, 0.2) is 11.5 Å². The van der Waals surface area contributed by atoms with Crippen molar-refractivity contribution in [3.05, 3.63) is 18.2 Å². The van der Waals surface area contributed by atoms with Crippen LogP contribution in [0.1, 0.15) is 59.4 Å². The van der Waals surface area contributed by atoms with E-state index in [1.54, 1.807) is 13.0 Å². The number of benzene rings is 1. The molecule has 1 rings (SSSR count). The van der Waals surface area contributed by atoms with Gasteiger partial charge < -0.3 is 20.1 Å². The van der Waals surface area contributed by atoms with E-state index in [2.05, 4.69) is 6.58 Å². The smallest absolute Gasteiger partial charge is 0.203 e. The number of hydrogen-bond acceptors (Lipinski definition) is 6. The Morgan fingerprint density at radius 2 is 1.64 bits per heavy atom. The standard InChI is InChI=1S/C19H31NO5/c1-8-18(5,9-2)12-14(21)13(20(7)24)17(16(23)15(12)22)25-19(6,10-3)11-4/h8,21-24H,1,9-11H2,2-7H3/p-1. The number of phenols is 2. The molecule has 1 atom stereocenters. The highest BCUT2D eigenvalue weighted by Crippen LogP contribution is 2.55. The predicted octanol–water partition coefficient (Wildman–Crippen LogP) is 3.81. The van der Waals surface area contributed by atoms with Crippen molar-refractivity contribution >= 4 is 5.69 Å². The van der Waals surface area contributed by atoms with Crippen molar-refractivity contribution in [1.82, 2.24) is 0 Å². The molecule has 0 amide bonds. The molecule has 0 radical (unpaired) electrons. The molecular weight excluding hydrogens is 322 g/mol. The van der Waals surface area contributed by atoms with Crippen LogP contribution in [0.4, 0.5) is 5.69 Å². The monoisotopic (exact) mass is 352 g/mol. The molecule has 0 aliphatic heterocycles. The van der Waals surface area contributed by atoms with Crippen LogP contribution in [0.2, 0.25) is 0 Å². The molecule has 0 aliphatic rings. The number of hydroxylamine groups is 1. The number of ether oxygens (including phenoxy) is 1. The lowest BCUT2D eigenvalue weighted by atomic mass is 9.78. The Kier molecular flexibility index (Phi) is 6.23. The first-order valence-corrected chi connectivity index (χ1v) is 8.56. The Morgan fingerprint density at radius 1 is 1.12 bits per heavy atom. The third kappa shape index (κ3) is 3.63. The van der Waals surface area contributed by atoms with Gasteiger partial charge in [0.05, 0.1) is 0 Å². The van der Waals surface area contributed by atoms with Crippen molar-refractivity contribution < 1.29 is 25.3 Å². The number of allylic oxidation sites excluding steroid dienone is 1. The topological polar surface area (TPSA) is 96.2 Å². The van der Waals surface area contributed by atoms with Crippen molar-refractivity contribution in [1.29, 1.82) is 0 Å². The minimum absolute atomic E-state index is 0.0135. The number of phenolic OH excluding ortho intramolecular Hbond substituents is 2. The zero-order chi connectivity index (χ0) is 19.6. The van der Waals surface area contributed by atoms with Crippen LogP contribution in [0.15, 0.2) is 12.7 Å². The summed E-state index contributed by atoms with van der Waals surface area (Å²) in [5, 5.41) is 44.7. The third-order valence-electron chi connectivity index (χ3n) is 5.26. The fourth-order valence-electron chi connectivity index (χ4n) is 2.65. The summed E-state index contributed by atoms with van der Waals surface area (Å²) < 4.78 is 5.88. The maximum absolute atomic E-state index is 13.0. The largest absolute Gasteiger partial charge is 0.871 e. The Hall–Kier alpha value is -2.08. The highest BCUT2D eigenvalue weighted by atomic mass is 16.5. The first kappa shape index (κ1) is 21.0. The van der Waals surface area contributed by atoms with Gasteiger partial charge >= 0.3 is 0 Å². The van der Waals surface area contributed by atoms with Gasteiger partial charge in [-0.05, 0) is 26.2 Å². The maximum atomic E-state index is 13.0. The van der Waals surface area contributed by atoms with Gasteiger partial charge in [-0.3, -0.25) is 10.3 Å². The second-order valence-corrected chi connectivity index (χ2v) is 6.84. The van der Waals surface area contributed by atoms with Crippen molar-refractivity contribution in [3.63, 3.8) is 0 Å². The van der Waals surface area contributed by atoms with Gasteiger partial charge in [-0.1, -0.05) is 39.5 Å². The van der Waals surface area contributed by atoms with E-state index in [9.17, 15) is 20.5 Å². The van der Waals surface area contributed by atoms with E-state index in [1.807, 2.05) is 27.7 Å². The summed E-state index contributed by atoms with van der Waals surface area (Å²) in [5.41, 5.74) is -1.74. The average molecular weight is 352 g/mol. The normalized spacial score (nSPS) is 14.0. The van der Waals surface area contributed by atoms with Gasteiger partial charge in [0, 0.05) is 18.0 Å². The zero-order valence-electron chi connectivity index (χ0n) is 16.0. The molecule has 0 aliphatic carbocycles. The third-order valence-corrected chi connectivity index (χ3v) is 5.26. The summed E-state index contributed by atoms with van der Waals surface area (Å²) >= 11 is 0. The predicted molar refractivity (Wildman–Crippen MR) is 96.9 cm³/mol. The van der Waals surface area contributed by atoms with E-state index in [4.69, 9.17) is 4.74 Å². The molecular formula is C19H30NO5-. The van der Waals surface area contributed by atoms with Gasteiger partial charge in [-0.2, -0.15) is 0 Å². The van der Waals surface area contributed by atoms with Gasteiger partial charge in [0.25, 0.3) is 0 Å². The molecule has 1 aromatic carbocycles. The van der Waals surface area contributed by atoms with Crippen molar-refractivity contribution in [2.45, 2.75) is 64.9 Å². The van der Waals surface area contributed by atoms with Crippen molar-refractivity contribution in [2.75, 3.05) is 12.1 Å². The number of hydrogen-bond donors (Lipinski definition) is 3. The van der Waals surface area contributed by atoms with E-state index in [0.29, 0.717) is 24.3 Å². The summed E-state index contributed by atoms with van der Waals surface area (Å²) in [5.74, 6) is -1.91. The number of nitrogens with zero attached hydrogens (tertiary/aromatic N) is 1. The van der Waals surface area contributed by atoms with E-state index < -0.39 is 28.3 Å².